The number of aromatic amines is 1. The van der Waals surface area contributed by atoms with Crippen LogP contribution in [0.25, 0.3) is 22.1 Å². The van der Waals surface area contributed by atoms with E-state index in [-0.39, 0.29) is 5.82 Å². The minimum atomic E-state index is -0.299. The Labute approximate surface area is 207 Å². The fourth-order valence-corrected chi connectivity index (χ4v) is 4.69. The van der Waals surface area contributed by atoms with Crippen LogP contribution >= 0.6 is 0 Å². The number of H-pyrrole nitrogens is 1. The lowest BCUT2D eigenvalue weighted by molar-refractivity contribution is 0.322. The smallest absolute Gasteiger partial charge is 0.205 e. The lowest BCUT2D eigenvalue weighted by Gasteiger charge is -2.22. The molecule has 1 aliphatic heterocycles. The third-order valence-corrected chi connectivity index (χ3v) is 6.62. The molecule has 184 valence electrons. The van der Waals surface area contributed by atoms with Gasteiger partial charge in [0.2, 0.25) is 5.95 Å². The van der Waals surface area contributed by atoms with Gasteiger partial charge in [-0.1, -0.05) is 12.1 Å². The first-order chi connectivity index (χ1) is 17.7. The Hall–Kier alpha value is -4.05. The van der Waals surface area contributed by atoms with Crippen molar-refractivity contribution in [3.63, 3.8) is 0 Å². The van der Waals surface area contributed by atoms with Crippen LogP contribution in [-0.2, 0) is 13.0 Å². The standard InChI is InChI=1S/C26H28FN9/c27-19-3-6-21-22(13-19)34-26(33-21)32-20-4-1-17(2-5-20)9-12-29-25-24-23(30-16-31-25)15-36(35-24)14-18-7-10-28-11-8-18/h1-6,13,15-16,18,28H,7-12,14H2,(H,29,30,31)(H2,32,33,34). The summed E-state index contributed by atoms with van der Waals surface area (Å²) in [5.41, 5.74) is 5.16. The van der Waals surface area contributed by atoms with Crippen LogP contribution < -0.4 is 16.0 Å². The zero-order chi connectivity index (χ0) is 24.3. The molecule has 10 heteroatoms. The molecule has 0 radical (unpaired) electrons. The van der Waals surface area contributed by atoms with E-state index in [9.17, 15) is 4.39 Å². The van der Waals surface area contributed by atoms with Crippen molar-refractivity contribution >= 4 is 39.5 Å². The van der Waals surface area contributed by atoms with Gasteiger partial charge in [0.05, 0.1) is 17.2 Å². The molecule has 6 rings (SSSR count). The third-order valence-electron chi connectivity index (χ3n) is 6.62. The van der Waals surface area contributed by atoms with Crippen molar-refractivity contribution in [2.75, 3.05) is 30.3 Å². The molecule has 9 nitrogen and oxygen atoms in total. The zero-order valence-electron chi connectivity index (χ0n) is 19.8. The summed E-state index contributed by atoms with van der Waals surface area (Å²) in [5.74, 6) is 1.70. The van der Waals surface area contributed by atoms with Gasteiger partial charge in [0.1, 0.15) is 17.7 Å². The van der Waals surface area contributed by atoms with Crippen LogP contribution in [0.4, 0.5) is 21.8 Å². The average Bonchev–Trinajstić information content (AvgIpc) is 3.49. The lowest BCUT2D eigenvalue weighted by atomic mass is 9.98. The molecule has 0 bridgehead atoms. The van der Waals surface area contributed by atoms with E-state index in [4.69, 9.17) is 5.10 Å². The van der Waals surface area contributed by atoms with Crippen LogP contribution in [0.3, 0.4) is 0 Å². The van der Waals surface area contributed by atoms with Gasteiger partial charge in [-0.2, -0.15) is 5.10 Å². The molecule has 2 aromatic carbocycles. The van der Waals surface area contributed by atoms with Crippen molar-refractivity contribution in [1.29, 1.82) is 0 Å². The summed E-state index contributed by atoms with van der Waals surface area (Å²) >= 11 is 0. The zero-order valence-corrected chi connectivity index (χ0v) is 19.8. The average molecular weight is 486 g/mol. The largest absolute Gasteiger partial charge is 0.368 e. The lowest BCUT2D eigenvalue weighted by Crippen LogP contribution is -2.29. The molecule has 4 N–H and O–H groups in total. The number of nitrogens with one attached hydrogen (secondary N) is 4. The number of rotatable bonds is 8. The Morgan fingerprint density at radius 3 is 2.75 bits per heavy atom. The highest BCUT2D eigenvalue weighted by Gasteiger charge is 2.16. The van der Waals surface area contributed by atoms with Crippen LogP contribution in [0.15, 0.2) is 55.0 Å². The van der Waals surface area contributed by atoms with E-state index in [0.29, 0.717) is 17.4 Å². The first kappa shape index (κ1) is 22.4. The van der Waals surface area contributed by atoms with Gasteiger partial charge < -0.3 is 20.9 Å². The predicted octanol–water partition coefficient (Wildman–Crippen LogP) is 4.24. The summed E-state index contributed by atoms with van der Waals surface area (Å²) in [4.78, 5) is 16.4. The summed E-state index contributed by atoms with van der Waals surface area (Å²) in [6.07, 6.45) is 6.81. The van der Waals surface area contributed by atoms with Crippen LogP contribution in [0, 0.1) is 11.7 Å². The second kappa shape index (κ2) is 9.90. The fraction of sp³-hybridized carbons (Fsp3) is 0.308. The van der Waals surface area contributed by atoms with Gasteiger partial charge in [-0.25, -0.2) is 19.3 Å². The SMILES string of the molecule is Fc1ccc2[nH]c(Nc3ccc(CCNc4ncnc5cn(CC6CCNCC6)nc45)cc3)nc2c1. The Bertz CT molecular complexity index is 1470. The molecular formula is C26H28FN9. The number of hydrogen-bond donors (Lipinski definition) is 4. The Balaban J connectivity index is 1.06. The number of benzene rings is 2. The number of halogens is 1. The van der Waals surface area contributed by atoms with Crippen LogP contribution in [0.2, 0.25) is 0 Å². The summed E-state index contributed by atoms with van der Waals surface area (Å²) in [6.45, 7) is 3.81. The number of hydrogen-bond acceptors (Lipinski definition) is 7. The number of fused-ring (bicyclic) bond motifs is 2. The van der Waals surface area contributed by atoms with E-state index in [1.165, 1.54) is 30.5 Å². The van der Waals surface area contributed by atoms with Crippen molar-refractivity contribution in [2.45, 2.75) is 25.8 Å². The second-order valence-corrected chi connectivity index (χ2v) is 9.25. The summed E-state index contributed by atoms with van der Waals surface area (Å²) < 4.78 is 15.4. The predicted molar refractivity (Wildman–Crippen MR) is 139 cm³/mol. The monoisotopic (exact) mass is 485 g/mol. The highest BCUT2D eigenvalue weighted by atomic mass is 19.1. The number of imidazole rings is 1. The highest BCUT2D eigenvalue weighted by Crippen LogP contribution is 2.21. The normalized spacial score (nSPS) is 14.5. The molecule has 1 aliphatic rings. The minimum Gasteiger partial charge on any atom is -0.368 e. The summed E-state index contributed by atoms with van der Waals surface area (Å²) in [7, 11) is 0. The molecule has 3 aromatic heterocycles. The quantitative estimate of drug-likeness (QED) is 0.260. The number of piperidine rings is 1. The van der Waals surface area contributed by atoms with E-state index >= 15 is 0 Å². The molecule has 36 heavy (non-hydrogen) atoms. The highest BCUT2D eigenvalue weighted by molar-refractivity contribution is 5.84. The number of nitrogens with zero attached hydrogens (tertiary/aromatic N) is 5. The molecule has 0 spiro atoms. The topological polar surface area (TPSA) is 108 Å². The molecule has 0 amide bonds. The molecule has 0 unspecified atom stereocenters. The van der Waals surface area contributed by atoms with Gasteiger partial charge in [-0.3, -0.25) is 4.68 Å². The molecule has 0 atom stereocenters. The maximum atomic E-state index is 13.4. The van der Waals surface area contributed by atoms with E-state index in [1.54, 1.807) is 12.4 Å². The fourth-order valence-electron chi connectivity index (χ4n) is 4.69. The van der Waals surface area contributed by atoms with Crippen molar-refractivity contribution in [1.82, 2.24) is 35.0 Å². The molecule has 0 saturated carbocycles. The van der Waals surface area contributed by atoms with E-state index < -0.39 is 0 Å². The minimum absolute atomic E-state index is 0.299. The van der Waals surface area contributed by atoms with Crippen LogP contribution in [0.1, 0.15) is 18.4 Å². The molecule has 1 fully saturated rings. The maximum absolute atomic E-state index is 13.4. The van der Waals surface area contributed by atoms with E-state index in [0.717, 1.165) is 60.7 Å². The molecule has 5 aromatic rings. The van der Waals surface area contributed by atoms with Gasteiger partial charge >= 0.3 is 0 Å². The van der Waals surface area contributed by atoms with Crippen molar-refractivity contribution in [3.8, 4) is 0 Å². The van der Waals surface area contributed by atoms with Crippen LogP contribution in [-0.4, -0.2) is 49.4 Å². The first-order valence-corrected chi connectivity index (χ1v) is 12.3. The van der Waals surface area contributed by atoms with Crippen LogP contribution in [0.5, 0.6) is 0 Å². The van der Waals surface area contributed by atoms with Gasteiger partial charge in [0.25, 0.3) is 0 Å². The second-order valence-electron chi connectivity index (χ2n) is 9.25. The van der Waals surface area contributed by atoms with Crippen molar-refractivity contribution in [3.05, 3.63) is 66.4 Å². The van der Waals surface area contributed by atoms with Crippen molar-refractivity contribution < 1.29 is 4.39 Å². The maximum Gasteiger partial charge on any atom is 0.205 e. The number of anilines is 3. The molecule has 0 aliphatic carbocycles. The van der Waals surface area contributed by atoms with E-state index in [1.807, 2.05) is 23.0 Å². The van der Waals surface area contributed by atoms with Gasteiger partial charge in [-0.15, -0.1) is 0 Å². The molecule has 4 heterocycles. The third kappa shape index (κ3) is 4.99. The molecular weight excluding hydrogens is 457 g/mol. The summed E-state index contributed by atoms with van der Waals surface area (Å²) in [5, 5.41) is 14.9. The van der Waals surface area contributed by atoms with Gasteiger partial charge in [-0.05, 0) is 68.1 Å². The molecule has 1 saturated heterocycles. The Kier molecular flexibility index (Phi) is 6.17. The van der Waals surface area contributed by atoms with Crippen molar-refractivity contribution in [2.24, 2.45) is 5.92 Å². The number of aromatic nitrogens is 6. The van der Waals surface area contributed by atoms with E-state index in [2.05, 4.69) is 48.0 Å². The Morgan fingerprint density at radius 1 is 1.03 bits per heavy atom. The summed E-state index contributed by atoms with van der Waals surface area (Å²) in [6, 6.07) is 12.7. The first-order valence-electron chi connectivity index (χ1n) is 12.3. The van der Waals surface area contributed by atoms with Gasteiger partial charge in [0, 0.05) is 24.8 Å². The Morgan fingerprint density at radius 2 is 1.89 bits per heavy atom. The van der Waals surface area contributed by atoms with Gasteiger partial charge in [0.15, 0.2) is 11.3 Å².